The Morgan fingerprint density at radius 3 is 2.59 bits per heavy atom. The molecule has 90 valence electrons. The third-order valence-corrected chi connectivity index (χ3v) is 2.79. The van der Waals surface area contributed by atoms with Gasteiger partial charge in [-0.3, -0.25) is 0 Å². The molecule has 0 unspecified atom stereocenters. The van der Waals surface area contributed by atoms with Crippen LogP contribution < -0.4 is 5.73 Å². The minimum Gasteiger partial charge on any atom is -0.425 e. The summed E-state index contributed by atoms with van der Waals surface area (Å²) in [7, 11) is 0. The van der Waals surface area contributed by atoms with Gasteiger partial charge in [-0.05, 0) is 30.5 Å². The fourth-order valence-corrected chi connectivity index (χ4v) is 1.67. The molecule has 0 aliphatic heterocycles. The normalized spacial score (nSPS) is 10.8. The van der Waals surface area contributed by atoms with Gasteiger partial charge in [0.25, 0.3) is 0 Å². The molecule has 0 radical (unpaired) electrons. The standard InChI is InChI=1S/C13H17N3O/c1-9-3-4-11(7-10(9)2)8-13-16-15-12(17-13)5-6-14/h3-4,7H,5-6,8,14H2,1-2H3. The number of rotatable bonds is 4. The van der Waals surface area contributed by atoms with Gasteiger partial charge in [0.05, 0.1) is 6.42 Å². The lowest BCUT2D eigenvalue weighted by molar-refractivity contribution is 0.458. The van der Waals surface area contributed by atoms with Gasteiger partial charge >= 0.3 is 0 Å². The Labute approximate surface area is 101 Å². The van der Waals surface area contributed by atoms with Crippen LogP contribution in [-0.4, -0.2) is 16.7 Å². The third-order valence-electron chi connectivity index (χ3n) is 2.79. The van der Waals surface area contributed by atoms with Gasteiger partial charge < -0.3 is 10.2 Å². The quantitative estimate of drug-likeness (QED) is 0.871. The smallest absolute Gasteiger partial charge is 0.220 e. The molecule has 0 atom stereocenters. The van der Waals surface area contributed by atoms with Gasteiger partial charge in [-0.2, -0.15) is 0 Å². The second-order valence-electron chi connectivity index (χ2n) is 4.22. The molecule has 2 rings (SSSR count). The van der Waals surface area contributed by atoms with Crippen LogP contribution >= 0.6 is 0 Å². The Morgan fingerprint density at radius 1 is 1.12 bits per heavy atom. The summed E-state index contributed by atoms with van der Waals surface area (Å²) < 4.78 is 5.50. The fraction of sp³-hybridized carbons (Fsp3) is 0.385. The Morgan fingerprint density at radius 2 is 1.88 bits per heavy atom. The fourth-order valence-electron chi connectivity index (χ4n) is 1.67. The van der Waals surface area contributed by atoms with Crippen LogP contribution in [0.2, 0.25) is 0 Å². The first kappa shape index (κ1) is 11.8. The minimum absolute atomic E-state index is 0.533. The van der Waals surface area contributed by atoms with Gasteiger partial charge in [-0.25, -0.2) is 0 Å². The molecule has 1 aromatic heterocycles. The van der Waals surface area contributed by atoms with Crippen LogP contribution in [-0.2, 0) is 12.8 Å². The van der Waals surface area contributed by atoms with Crippen molar-refractivity contribution in [2.24, 2.45) is 5.73 Å². The molecule has 0 aliphatic rings. The highest BCUT2D eigenvalue weighted by atomic mass is 16.4. The molecule has 0 saturated carbocycles. The molecule has 1 aromatic carbocycles. The zero-order valence-electron chi connectivity index (χ0n) is 10.2. The lowest BCUT2D eigenvalue weighted by Gasteiger charge is -2.02. The summed E-state index contributed by atoms with van der Waals surface area (Å²) in [6.45, 7) is 4.74. The number of nitrogens with two attached hydrogens (primary N) is 1. The summed E-state index contributed by atoms with van der Waals surface area (Å²) in [4.78, 5) is 0. The number of hydrogen-bond donors (Lipinski definition) is 1. The predicted molar refractivity (Wildman–Crippen MR) is 65.8 cm³/mol. The van der Waals surface area contributed by atoms with E-state index in [1.807, 2.05) is 0 Å². The van der Waals surface area contributed by atoms with Crippen LogP contribution in [0, 0.1) is 13.8 Å². The Kier molecular flexibility index (Phi) is 3.54. The zero-order valence-corrected chi connectivity index (χ0v) is 10.2. The first-order valence-corrected chi connectivity index (χ1v) is 5.76. The summed E-state index contributed by atoms with van der Waals surface area (Å²) in [6, 6.07) is 6.36. The summed E-state index contributed by atoms with van der Waals surface area (Å²) in [5.74, 6) is 1.27. The second kappa shape index (κ2) is 5.10. The molecule has 2 aromatic rings. The molecule has 4 heteroatoms. The SMILES string of the molecule is Cc1ccc(Cc2nnc(CCN)o2)cc1C. The van der Waals surface area contributed by atoms with Gasteiger partial charge in [-0.15, -0.1) is 10.2 Å². The van der Waals surface area contributed by atoms with E-state index < -0.39 is 0 Å². The maximum atomic E-state index is 5.50. The lowest BCUT2D eigenvalue weighted by atomic mass is 10.0. The molecule has 0 saturated heterocycles. The van der Waals surface area contributed by atoms with E-state index in [4.69, 9.17) is 10.2 Å². The summed E-state index contributed by atoms with van der Waals surface area (Å²) in [6.07, 6.45) is 1.32. The zero-order chi connectivity index (χ0) is 12.3. The molecule has 4 nitrogen and oxygen atoms in total. The highest BCUT2D eigenvalue weighted by Gasteiger charge is 2.06. The minimum atomic E-state index is 0.533. The molecule has 0 spiro atoms. The molecule has 0 amide bonds. The van der Waals surface area contributed by atoms with Crippen molar-refractivity contribution in [1.82, 2.24) is 10.2 Å². The molecule has 17 heavy (non-hydrogen) atoms. The Bertz CT molecular complexity index is 505. The molecule has 0 bridgehead atoms. The molecule has 2 N–H and O–H groups in total. The van der Waals surface area contributed by atoms with Crippen molar-refractivity contribution in [3.63, 3.8) is 0 Å². The first-order valence-electron chi connectivity index (χ1n) is 5.76. The summed E-state index contributed by atoms with van der Waals surface area (Å²) in [5, 5.41) is 7.96. The molecular weight excluding hydrogens is 214 g/mol. The van der Waals surface area contributed by atoms with Gasteiger partial charge in [0, 0.05) is 13.0 Å². The van der Waals surface area contributed by atoms with Crippen molar-refractivity contribution in [3.8, 4) is 0 Å². The van der Waals surface area contributed by atoms with Crippen molar-refractivity contribution in [1.29, 1.82) is 0 Å². The summed E-state index contributed by atoms with van der Waals surface area (Å²) >= 11 is 0. The average Bonchev–Trinajstić information content (AvgIpc) is 2.72. The highest BCUT2D eigenvalue weighted by molar-refractivity contribution is 5.31. The highest BCUT2D eigenvalue weighted by Crippen LogP contribution is 2.13. The molecule has 1 heterocycles. The number of benzene rings is 1. The van der Waals surface area contributed by atoms with Crippen LogP contribution in [0.25, 0.3) is 0 Å². The van der Waals surface area contributed by atoms with Crippen molar-refractivity contribution in [2.75, 3.05) is 6.54 Å². The van der Waals surface area contributed by atoms with Gasteiger partial charge in [0.15, 0.2) is 0 Å². The van der Waals surface area contributed by atoms with Gasteiger partial charge in [-0.1, -0.05) is 18.2 Å². The van der Waals surface area contributed by atoms with Gasteiger partial charge in [0.1, 0.15) is 0 Å². The van der Waals surface area contributed by atoms with Crippen LogP contribution in [0.5, 0.6) is 0 Å². The largest absolute Gasteiger partial charge is 0.425 e. The summed E-state index contributed by atoms with van der Waals surface area (Å²) in [5.41, 5.74) is 9.20. The van der Waals surface area contributed by atoms with E-state index in [1.165, 1.54) is 16.7 Å². The lowest BCUT2D eigenvalue weighted by Crippen LogP contribution is -2.02. The Hall–Kier alpha value is -1.68. The van der Waals surface area contributed by atoms with Crippen molar-refractivity contribution in [3.05, 3.63) is 46.7 Å². The van der Waals surface area contributed by atoms with Crippen molar-refractivity contribution in [2.45, 2.75) is 26.7 Å². The molecular formula is C13H17N3O. The van der Waals surface area contributed by atoms with E-state index in [0.717, 1.165) is 0 Å². The number of hydrogen-bond acceptors (Lipinski definition) is 4. The Balaban J connectivity index is 2.11. The molecule has 0 fully saturated rings. The van der Waals surface area contributed by atoms with Crippen LogP contribution in [0.15, 0.2) is 22.6 Å². The maximum Gasteiger partial charge on any atom is 0.220 e. The molecule has 0 aliphatic carbocycles. The monoisotopic (exact) mass is 231 g/mol. The number of aryl methyl sites for hydroxylation is 2. The number of aromatic nitrogens is 2. The van der Waals surface area contributed by atoms with Crippen molar-refractivity contribution < 1.29 is 4.42 Å². The van der Waals surface area contributed by atoms with Crippen LogP contribution in [0.3, 0.4) is 0 Å². The maximum absolute atomic E-state index is 5.50. The second-order valence-corrected chi connectivity index (χ2v) is 4.22. The average molecular weight is 231 g/mol. The topological polar surface area (TPSA) is 64.9 Å². The van der Waals surface area contributed by atoms with Gasteiger partial charge in [0.2, 0.25) is 11.8 Å². The van der Waals surface area contributed by atoms with E-state index in [9.17, 15) is 0 Å². The van der Waals surface area contributed by atoms with E-state index in [-0.39, 0.29) is 0 Å². The van der Waals surface area contributed by atoms with E-state index >= 15 is 0 Å². The van der Waals surface area contributed by atoms with Crippen LogP contribution in [0.1, 0.15) is 28.5 Å². The van der Waals surface area contributed by atoms with E-state index in [2.05, 4.69) is 42.2 Å². The number of nitrogens with zero attached hydrogens (tertiary/aromatic N) is 2. The first-order chi connectivity index (χ1) is 8.19. The van der Waals surface area contributed by atoms with Crippen LogP contribution in [0.4, 0.5) is 0 Å². The van der Waals surface area contributed by atoms with E-state index in [1.54, 1.807) is 0 Å². The third kappa shape index (κ3) is 2.91. The van der Waals surface area contributed by atoms with E-state index in [0.29, 0.717) is 31.2 Å². The predicted octanol–water partition coefficient (Wildman–Crippen LogP) is 1.78. The van der Waals surface area contributed by atoms with Crippen molar-refractivity contribution >= 4 is 0 Å².